The van der Waals surface area contributed by atoms with Crippen molar-refractivity contribution in [3.63, 3.8) is 0 Å². The van der Waals surface area contributed by atoms with Crippen LogP contribution in [0.25, 0.3) is 0 Å². The van der Waals surface area contributed by atoms with E-state index in [0.717, 1.165) is 38.4 Å². The van der Waals surface area contributed by atoms with E-state index in [0.29, 0.717) is 39.1 Å². The van der Waals surface area contributed by atoms with Gasteiger partial charge in [0.1, 0.15) is 22.4 Å². The van der Waals surface area contributed by atoms with Gasteiger partial charge in [0, 0.05) is 19.8 Å². The molecule has 3 fully saturated rings. The molecule has 3 spiro atoms. The molecule has 27 heavy (non-hydrogen) atoms. The summed E-state index contributed by atoms with van der Waals surface area (Å²) in [5, 5.41) is 11.8. The molecule has 4 atom stereocenters. The van der Waals surface area contributed by atoms with Crippen molar-refractivity contribution in [2.24, 2.45) is 0 Å². The lowest BCUT2D eigenvalue weighted by molar-refractivity contribution is -0.294. The van der Waals surface area contributed by atoms with Gasteiger partial charge in [-0.05, 0) is 51.4 Å². The third-order valence-electron chi connectivity index (χ3n) is 6.76. The molecule has 0 amide bonds. The quantitative estimate of drug-likeness (QED) is 0.425. The van der Waals surface area contributed by atoms with Crippen molar-refractivity contribution >= 4 is 10.1 Å². The Morgan fingerprint density at radius 1 is 0.963 bits per heavy atom. The highest BCUT2D eigenvalue weighted by Crippen LogP contribution is 2.62. The second-order valence-corrected chi connectivity index (χ2v) is 9.93. The van der Waals surface area contributed by atoms with E-state index in [1.54, 1.807) is 0 Å². The Kier molecular flexibility index (Phi) is 4.97. The Morgan fingerprint density at radius 2 is 1.59 bits per heavy atom. The predicted molar refractivity (Wildman–Crippen MR) is 97.9 cm³/mol. The molecule has 0 radical (unpaired) electrons. The molecule has 0 aromatic rings. The van der Waals surface area contributed by atoms with Gasteiger partial charge >= 0.3 is 0 Å². The van der Waals surface area contributed by atoms with Crippen LogP contribution in [0.3, 0.4) is 0 Å². The average Bonchev–Trinajstić information content (AvgIpc) is 3.36. The first-order valence-electron chi connectivity index (χ1n) is 9.97. The zero-order valence-corrected chi connectivity index (χ0v) is 16.8. The first-order chi connectivity index (χ1) is 12.8. The van der Waals surface area contributed by atoms with Crippen molar-refractivity contribution in [2.45, 2.75) is 73.8 Å². The van der Waals surface area contributed by atoms with Gasteiger partial charge in [-0.3, -0.25) is 4.18 Å². The Morgan fingerprint density at radius 3 is 2.15 bits per heavy atom. The highest BCUT2D eigenvalue weighted by molar-refractivity contribution is 7.85. The van der Waals surface area contributed by atoms with Crippen molar-refractivity contribution < 1.29 is 31.9 Å². The molecule has 1 N–H and O–H groups in total. The lowest BCUT2D eigenvalue weighted by Crippen LogP contribution is -2.76. The Bertz CT molecular complexity index is 683. The molecule has 0 aromatic carbocycles. The first-order valence-corrected chi connectivity index (χ1v) is 11.8. The van der Waals surface area contributed by atoms with Gasteiger partial charge < -0.3 is 19.3 Å². The Labute approximate surface area is 161 Å². The van der Waals surface area contributed by atoms with Crippen molar-refractivity contribution in [3.05, 3.63) is 12.2 Å². The summed E-state index contributed by atoms with van der Waals surface area (Å²) in [5.74, 6) is 0. The van der Waals surface area contributed by atoms with Crippen LogP contribution in [-0.4, -0.2) is 68.6 Å². The third kappa shape index (κ3) is 2.91. The largest absolute Gasteiger partial charge is 0.383 e. The van der Waals surface area contributed by atoms with Crippen LogP contribution in [0.4, 0.5) is 0 Å². The van der Waals surface area contributed by atoms with Crippen LogP contribution in [0.15, 0.2) is 12.2 Å². The topological polar surface area (TPSA) is 91.3 Å². The summed E-state index contributed by atoms with van der Waals surface area (Å²) in [6, 6.07) is 0. The number of aliphatic hydroxyl groups is 1. The van der Waals surface area contributed by atoms with Crippen LogP contribution in [-0.2, 0) is 28.5 Å². The fourth-order valence-corrected chi connectivity index (χ4v) is 6.19. The van der Waals surface area contributed by atoms with Crippen molar-refractivity contribution in [2.75, 3.05) is 32.7 Å². The van der Waals surface area contributed by atoms with E-state index in [1.165, 1.54) is 0 Å². The van der Waals surface area contributed by atoms with Crippen molar-refractivity contribution in [1.82, 2.24) is 0 Å². The first kappa shape index (κ1) is 19.8. The normalized spacial score (nSPS) is 44.2. The highest BCUT2D eigenvalue weighted by Gasteiger charge is 2.75. The highest BCUT2D eigenvalue weighted by atomic mass is 32.2. The zero-order valence-electron chi connectivity index (χ0n) is 15.9. The molecular weight excluding hydrogens is 372 g/mol. The number of fused-ring (bicyclic) bond motifs is 2. The third-order valence-corrected chi connectivity index (χ3v) is 7.35. The van der Waals surface area contributed by atoms with Crippen LogP contribution < -0.4 is 0 Å². The second-order valence-electron chi connectivity index (χ2n) is 8.29. The minimum atomic E-state index is -3.49. The SMILES string of the molecule is CS(=O)(=O)OCCC[C@]1(O)C=C[C@@]2(CCCO2)[C@]2(CCCO2)[C@@]12CCCO2. The van der Waals surface area contributed by atoms with Gasteiger partial charge in [-0.25, -0.2) is 0 Å². The molecule has 0 bridgehead atoms. The fourth-order valence-electron chi connectivity index (χ4n) is 5.77. The van der Waals surface area contributed by atoms with Crippen LogP contribution in [0, 0.1) is 0 Å². The number of rotatable bonds is 5. The minimum absolute atomic E-state index is 0.0422. The number of hydrogen-bond donors (Lipinski definition) is 1. The average molecular weight is 403 g/mol. The molecule has 3 saturated heterocycles. The van der Waals surface area contributed by atoms with E-state index in [4.69, 9.17) is 18.4 Å². The lowest BCUT2D eigenvalue weighted by Gasteiger charge is -2.61. The van der Waals surface area contributed by atoms with Crippen LogP contribution in [0.5, 0.6) is 0 Å². The molecule has 1 aliphatic carbocycles. The summed E-state index contributed by atoms with van der Waals surface area (Å²) in [6.07, 6.45) is 10.7. The maximum absolute atomic E-state index is 11.8. The maximum atomic E-state index is 11.8. The van der Waals surface area contributed by atoms with Crippen molar-refractivity contribution in [1.29, 1.82) is 0 Å². The summed E-state index contributed by atoms with van der Waals surface area (Å²) in [7, 11) is -3.49. The Hall–Kier alpha value is -0.510. The van der Waals surface area contributed by atoms with E-state index < -0.39 is 32.5 Å². The smallest absolute Gasteiger partial charge is 0.264 e. The van der Waals surface area contributed by atoms with Gasteiger partial charge in [0.25, 0.3) is 10.1 Å². The monoisotopic (exact) mass is 402 g/mol. The maximum Gasteiger partial charge on any atom is 0.264 e. The van der Waals surface area contributed by atoms with E-state index in [2.05, 4.69) is 0 Å². The molecular formula is C19H30O7S. The number of hydrogen-bond acceptors (Lipinski definition) is 7. The van der Waals surface area contributed by atoms with E-state index in [1.807, 2.05) is 12.2 Å². The van der Waals surface area contributed by atoms with E-state index in [-0.39, 0.29) is 6.61 Å². The van der Waals surface area contributed by atoms with Crippen LogP contribution >= 0.6 is 0 Å². The van der Waals surface area contributed by atoms with E-state index >= 15 is 0 Å². The van der Waals surface area contributed by atoms with E-state index in [9.17, 15) is 13.5 Å². The number of ether oxygens (including phenoxy) is 3. The minimum Gasteiger partial charge on any atom is -0.383 e. The summed E-state index contributed by atoms with van der Waals surface area (Å²) < 4.78 is 46.4. The van der Waals surface area contributed by atoms with Gasteiger partial charge in [0.2, 0.25) is 0 Å². The zero-order chi connectivity index (χ0) is 19.2. The molecule has 154 valence electrons. The molecule has 0 aromatic heterocycles. The molecule has 8 heteroatoms. The van der Waals surface area contributed by atoms with Gasteiger partial charge in [-0.15, -0.1) is 0 Å². The summed E-state index contributed by atoms with van der Waals surface area (Å²) in [6.45, 7) is 1.95. The molecule has 4 aliphatic rings. The Balaban J connectivity index is 1.67. The van der Waals surface area contributed by atoms with Gasteiger partial charge in [0.05, 0.1) is 12.9 Å². The van der Waals surface area contributed by atoms with Crippen molar-refractivity contribution in [3.8, 4) is 0 Å². The molecule has 3 aliphatic heterocycles. The summed E-state index contributed by atoms with van der Waals surface area (Å²) >= 11 is 0. The molecule has 3 heterocycles. The van der Waals surface area contributed by atoms with Gasteiger partial charge in [-0.1, -0.05) is 12.2 Å². The van der Waals surface area contributed by atoms with Crippen LogP contribution in [0.1, 0.15) is 51.4 Å². The standard InChI is InChI=1S/C19H30O7S/c1-27(21,22)26-15-2-6-16(20)10-11-17(7-3-12-23-17)19(9-5-14-25-19)18(16)8-4-13-24-18/h10-11,20H,2-9,12-15H2,1H3/t16-,17-,18+,19+/m0/s1. The summed E-state index contributed by atoms with van der Waals surface area (Å²) in [5.41, 5.74) is -3.37. The van der Waals surface area contributed by atoms with Gasteiger partial charge in [0.15, 0.2) is 0 Å². The molecule has 0 unspecified atom stereocenters. The predicted octanol–water partition coefficient (Wildman–Crippen LogP) is 1.69. The second kappa shape index (κ2) is 6.78. The van der Waals surface area contributed by atoms with Crippen LogP contribution in [0.2, 0.25) is 0 Å². The fraction of sp³-hybridized carbons (Fsp3) is 0.895. The lowest BCUT2D eigenvalue weighted by atomic mass is 9.56. The molecule has 4 rings (SSSR count). The molecule has 7 nitrogen and oxygen atoms in total. The summed E-state index contributed by atoms with van der Waals surface area (Å²) in [4.78, 5) is 0. The van der Waals surface area contributed by atoms with Gasteiger partial charge in [-0.2, -0.15) is 8.42 Å². The molecule has 0 saturated carbocycles.